The predicted octanol–water partition coefficient (Wildman–Crippen LogP) is 2.77. The zero-order valence-corrected chi connectivity index (χ0v) is 11.9. The van der Waals surface area contributed by atoms with Gasteiger partial charge in [-0.1, -0.05) is 18.5 Å². The van der Waals surface area contributed by atoms with Gasteiger partial charge in [-0.2, -0.15) is 0 Å². The van der Waals surface area contributed by atoms with E-state index in [0.717, 1.165) is 32.4 Å². The van der Waals surface area contributed by atoms with E-state index in [-0.39, 0.29) is 12.0 Å². The zero-order chi connectivity index (χ0) is 13.7. The number of carbonyl (C=O) groups excluding carboxylic acids is 1. The number of amides is 1. The van der Waals surface area contributed by atoms with Gasteiger partial charge in [0.25, 0.3) is 5.91 Å². The van der Waals surface area contributed by atoms with E-state index >= 15 is 0 Å². The minimum absolute atomic E-state index is 0.0141. The summed E-state index contributed by atoms with van der Waals surface area (Å²) >= 11 is 5.87. The molecule has 0 bridgehead atoms. The Morgan fingerprint density at radius 3 is 3.16 bits per heavy atom. The highest BCUT2D eigenvalue weighted by Crippen LogP contribution is 2.17. The summed E-state index contributed by atoms with van der Waals surface area (Å²) in [6.07, 6.45) is 6.26. The standard InChI is InChI=1S/C14H19ClN2O2/c1-2-6-19-13-4-3-5-17(10-13)14(18)11-7-12(15)9-16-8-11/h7-9,13H,2-6,10H2,1H3/t13-/m1/s1. The van der Waals surface area contributed by atoms with Crippen molar-refractivity contribution in [2.24, 2.45) is 0 Å². The van der Waals surface area contributed by atoms with Crippen molar-refractivity contribution in [3.8, 4) is 0 Å². The van der Waals surface area contributed by atoms with Gasteiger partial charge in [-0.25, -0.2) is 0 Å². The van der Waals surface area contributed by atoms with Crippen molar-refractivity contribution in [2.75, 3.05) is 19.7 Å². The Kier molecular flexibility index (Phi) is 5.16. The lowest BCUT2D eigenvalue weighted by Crippen LogP contribution is -2.43. The summed E-state index contributed by atoms with van der Waals surface area (Å²) in [5.41, 5.74) is 0.545. The molecule has 0 aromatic carbocycles. The monoisotopic (exact) mass is 282 g/mol. The molecule has 1 aliphatic heterocycles. The minimum Gasteiger partial charge on any atom is -0.376 e. The van der Waals surface area contributed by atoms with Crippen molar-refractivity contribution >= 4 is 17.5 Å². The number of carbonyl (C=O) groups is 1. The van der Waals surface area contributed by atoms with Crippen molar-refractivity contribution in [1.82, 2.24) is 9.88 Å². The van der Waals surface area contributed by atoms with Crippen LogP contribution < -0.4 is 0 Å². The molecule has 19 heavy (non-hydrogen) atoms. The molecule has 0 spiro atoms. The number of halogens is 1. The second kappa shape index (κ2) is 6.87. The number of nitrogens with zero attached hydrogens (tertiary/aromatic N) is 2. The van der Waals surface area contributed by atoms with Crippen molar-refractivity contribution in [3.05, 3.63) is 29.0 Å². The summed E-state index contributed by atoms with van der Waals surface area (Å²) in [4.78, 5) is 18.1. The first-order valence-corrected chi connectivity index (χ1v) is 7.10. The molecule has 1 aromatic rings. The van der Waals surface area contributed by atoms with Crippen LogP contribution in [-0.4, -0.2) is 41.6 Å². The fourth-order valence-corrected chi connectivity index (χ4v) is 2.43. The van der Waals surface area contributed by atoms with E-state index in [9.17, 15) is 4.79 Å². The first-order valence-electron chi connectivity index (χ1n) is 6.72. The van der Waals surface area contributed by atoms with Gasteiger partial charge in [-0.3, -0.25) is 9.78 Å². The first-order chi connectivity index (χ1) is 9.20. The van der Waals surface area contributed by atoms with Gasteiger partial charge in [0, 0.05) is 32.1 Å². The lowest BCUT2D eigenvalue weighted by atomic mass is 10.1. The summed E-state index contributed by atoms with van der Waals surface area (Å²) in [5, 5.41) is 0.488. The number of likely N-dealkylation sites (tertiary alicyclic amines) is 1. The molecule has 1 aromatic heterocycles. The molecular weight excluding hydrogens is 264 g/mol. The Morgan fingerprint density at radius 1 is 1.58 bits per heavy atom. The van der Waals surface area contributed by atoms with Crippen molar-refractivity contribution < 1.29 is 9.53 Å². The maximum absolute atomic E-state index is 12.3. The lowest BCUT2D eigenvalue weighted by molar-refractivity contribution is 0.00210. The summed E-state index contributed by atoms with van der Waals surface area (Å²) < 4.78 is 5.74. The maximum Gasteiger partial charge on any atom is 0.255 e. The summed E-state index contributed by atoms with van der Waals surface area (Å²) in [5.74, 6) is -0.0141. The van der Waals surface area contributed by atoms with Gasteiger partial charge >= 0.3 is 0 Å². The van der Waals surface area contributed by atoms with E-state index in [1.54, 1.807) is 12.3 Å². The molecule has 5 heteroatoms. The molecule has 0 N–H and O–H groups in total. The maximum atomic E-state index is 12.3. The predicted molar refractivity (Wildman–Crippen MR) is 74.4 cm³/mol. The molecule has 1 atom stereocenters. The molecule has 4 nitrogen and oxygen atoms in total. The lowest BCUT2D eigenvalue weighted by Gasteiger charge is -2.32. The molecule has 0 saturated carbocycles. The summed E-state index contributed by atoms with van der Waals surface area (Å²) in [6, 6.07) is 1.66. The van der Waals surface area contributed by atoms with Crippen LogP contribution in [0.3, 0.4) is 0 Å². The normalized spacial score (nSPS) is 19.5. The molecule has 1 saturated heterocycles. The second-order valence-electron chi connectivity index (χ2n) is 4.78. The van der Waals surface area contributed by atoms with E-state index < -0.39 is 0 Å². The Morgan fingerprint density at radius 2 is 2.42 bits per heavy atom. The first kappa shape index (κ1) is 14.3. The molecule has 1 fully saturated rings. The van der Waals surface area contributed by atoms with Crippen LogP contribution in [0.2, 0.25) is 5.02 Å². The van der Waals surface area contributed by atoms with Gasteiger partial charge in [0.15, 0.2) is 0 Å². The SMILES string of the molecule is CCCO[C@@H]1CCCN(C(=O)c2cncc(Cl)c2)C1. The Labute approximate surface area is 118 Å². The number of hydrogen-bond donors (Lipinski definition) is 0. The molecule has 104 valence electrons. The molecule has 0 unspecified atom stereocenters. The minimum atomic E-state index is -0.0141. The third-order valence-corrected chi connectivity index (χ3v) is 3.38. The molecule has 0 aliphatic carbocycles. The fourth-order valence-electron chi connectivity index (χ4n) is 2.25. The van der Waals surface area contributed by atoms with Gasteiger partial charge < -0.3 is 9.64 Å². The smallest absolute Gasteiger partial charge is 0.255 e. The van der Waals surface area contributed by atoms with E-state index in [1.165, 1.54) is 6.20 Å². The summed E-state index contributed by atoms with van der Waals surface area (Å²) in [7, 11) is 0. The Bertz CT molecular complexity index is 439. The number of rotatable bonds is 4. The third kappa shape index (κ3) is 3.91. The second-order valence-corrected chi connectivity index (χ2v) is 5.21. The highest BCUT2D eigenvalue weighted by molar-refractivity contribution is 6.30. The number of piperidine rings is 1. The number of ether oxygens (including phenoxy) is 1. The molecule has 1 aliphatic rings. The highest BCUT2D eigenvalue weighted by atomic mass is 35.5. The molecular formula is C14H19ClN2O2. The van der Waals surface area contributed by atoms with E-state index in [0.29, 0.717) is 17.1 Å². The Balaban J connectivity index is 1.99. The van der Waals surface area contributed by atoms with Crippen LogP contribution in [0.5, 0.6) is 0 Å². The van der Waals surface area contributed by atoms with Gasteiger partial charge in [0.05, 0.1) is 16.7 Å². The largest absolute Gasteiger partial charge is 0.376 e. The third-order valence-electron chi connectivity index (χ3n) is 3.17. The fraction of sp³-hybridized carbons (Fsp3) is 0.571. The molecule has 1 amide bonds. The molecule has 2 heterocycles. The van der Waals surface area contributed by atoms with Crippen LogP contribution in [-0.2, 0) is 4.74 Å². The Hall–Kier alpha value is -1.13. The number of aromatic nitrogens is 1. The van der Waals surface area contributed by atoms with Gasteiger partial charge in [-0.05, 0) is 25.3 Å². The van der Waals surface area contributed by atoms with E-state index in [1.807, 2.05) is 4.90 Å². The summed E-state index contributed by atoms with van der Waals surface area (Å²) in [6.45, 7) is 4.28. The molecule has 2 rings (SSSR count). The van der Waals surface area contributed by atoms with Gasteiger partial charge in [0.2, 0.25) is 0 Å². The number of hydrogen-bond acceptors (Lipinski definition) is 3. The van der Waals surface area contributed by atoms with Crippen LogP contribution in [0.15, 0.2) is 18.5 Å². The molecule has 0 radical (unpaired) electrons. The van der Waals surface area contributed by atoms with Crippen LogP contribution >= 0.6 is 11.6 Å². The van der Waals surface area contributed by atoms with Crippen molar-refractivity contribution in [1.29, 1.82) is 0 Å². The van der Waals surface area contributed by atoms with Crippen molar-refractivity contribution in [2.45, 2.75) is 32.3 Å². The van der Waals surface area contributed by atoms with Crippen LogP contribution in [0.1, 0.15) is 36.5 Å². The van der Waals surface area contributed by atoms with Crippen LogP contribution in [0, 0.1) is 0 Å². The van der Waals surface area contributed by atoms with Crippen molar-refractivity contribution in [3.63, 3.8) is 0 Å². The van der Waals surface area contributed by atoms with E-state index in [2.05, 4.69) is 11.9 Å². The van der Waals surface area contributed by atoms with Crippen LogP contribution in [0.4, 0.5) is 0 Å². The zero-order valence-electron chi connectivity index (χ0n) is 11.1. The number of pyridine rings is 1. The topological polar surface area (TPSA) is 42.4 Å². The quantitative estimate of drug-likeness (QED) is 0.853. The van der Waals surface area contributed by atoms with Crippen LogP contribution in [0.25, 0.3) is 0 Å². The van der Waals surface area contributed by atoms with Gasteiger partial charge in [-0.15, -0.1) is 0 Å². The average Bonchev–Trinajstić information content (AvgIpc) is 2.44. The van der Waals surface area contributed by atoms with E-state index in [4.69, 9.17) is 16.3 Å². The highest BCUT2D eigenvalue weighted by Gasteiger charge is 2.25. The van der Waals surface area contributed by atoms with Gasteiger partial charge in [0.1, 0.15) is 0 Å². The average molecular weight is 283 g/mol.